The number of amides is 1. The first kappa shape index (κ1) is 15.1. The van der Waals surface area contributed by atoms with Gasteiger partial charge in [-0.3, -0.25) is 9.78 Å². The highest BCUT2D eigenvalue weighted by atomic mass is 32.2. The van der Waals surface area contributed by atoms with Gasteiger partial charge in [0.25, 0.3) is 0 Å². The first-order chi connectivity index (χ1) is 9.97. The lowest BCUT2D eigenvalue weighted by atomic mass is 10.2. The van der Waals surface area contributed by atoms with E-state index in [1.54, 1.807) is 30.3 Å². The molecule has 1 aromatic carbocycles. The molecule has 2 rings (SSSR count). The van der Waals surface area contributed by atoms with E-state index in [-0.39, 0.29) is 17.3 Å². The fourth-order valence-electron chi connectivity index (χ4n) is 1.73. The predicted molar refractivity (Wildman–Crippen MR) is 79.0 cm³/mol. The van der Waals surface area contributed by atoms with Gasteiger partial charge in [0, 0.05) is 31.5 Å². The summed E-state index contributed by atoms with van der Waals surface area (Å²) < 4.78 is 26.6. The van der Waals surface area contributed by atoms with Gasteiger partial charge < -0.3 is 5.32 Å². The summed E-state index contributed by atoms with van der Waals surface area (Å²) in [6, 6.07) is 10.0. The number of pyridine rings is 1. The Balaban J connectivity index is 2.08. The fraction of sp³-hybridized carbons (Fsp3) is 0.143. The normalized spacial score (nSPS) is 11.1. The standard InChI is InChI=1S/C14H15N3O3S/c1-11(18)17-13-5-2-4-12(8-13)9-16-21(19,20)14-6-3-7-15-10-14/h2-8,10,16H,9H2,1H3,(H,17,18). The minimum absolute atomic E-state index is 0.114. The summed E-state index contributed by atoms with van der Waals surface area (Å²) in [5.41, 5.74) is 1.37. The number of sulfonamides is 1. The number of hydrogen-bond donors (Lipinski definition) is 2. The van der Waals surface area contributed by atoms with Crippen molar-refractivity contribution in [3.8, 4) is 0 Å². The zero-order valence-electron chi connectivity index (χ0n) is 11.4. The van der Waals surface area contributed by atoms with Gasteiger partial charge in [-0.25, -0.2) is 13.1 Å². The van der Waals surface area contributed by atoms with Gasteiger partial charge in [0.05, 0.1) is 0 Å². The number of hydrogen-bond acceptors (Lipinski definition) is 4. The van der Waals surface area contributed by atoms with Crippen LogP contribution in [0.2, 0.25) is 0 Å². The van der Waals surface area contributed by atoms with Crippen molar-refractivity contribution >= 4 is 21.6 Å². The van der Waals surface area contributed by atoms with Crippen molar-refractivity contribution in [3.63, 3.8) is 0 Å². The van der Waals surface area contributed by atoms with Gasteiger partial charge in [-0.1, -0.05) is 12.1 Å². The molecule has 21 heavy (non-hydrogen) atoms. The first-order valence-corrected chi connectivity index (χ1v) is 7.72. The van der Waals surface area contributed by atoms with Crippen LogP contribution in [0.3, 0.4) is 0 Å². The Labute approximate surface area is 123 Å². The Morgan fingerprint density at radius 1 is 1.24 bits per heavy atom. The molecule has 0 saturated carbocycles. The fourth-order valence-corrected chi connectivity index (χ4v) is 2.71. The molecular formula is C14H15N3O3S. The van der Waals surface area contributed by atoms with E-state index in [2.05, 4.69) is 15.0 Å². The maximum atomic E-state index is 12.0. The van der Waals surface area contributed by atoms with Crippen LogP contribution in [0.4, 0.5) is 5.69 Å². The molecule has 110 valence electrons. The molecule has 0 aliphatic rings. The van der Waals surface area contributed by atoms with E-state index in [4.69, 9.17) is 0 Å². The zero-order chi connectivity index (χ0) is 15.3. The van der Waals surface area contributed by atoms with Gasteiger partial charge in [-0.15, -0.1) is 0 Å². The van der Waals surface area contributed by atoms with Crippen LogP contribution < -0.4 is 10.0 Å². The molecule has 0 bridgehead atoms. The molecular weight excluding hydrogens is 290 g/mol. The van der Waals surface area contributed by atoms with Gasteiger partial charge >= 0.3 is 0 Å². The molecule has 0 aliphatic heterocycles. The van der Waals surface area contributed by atoms with Crippen molar-refractivity contribution in [3.05, 3.63) is 54.4 Å². The quantitative estimate of drug-likeness (QED) is 0.876. The second-order valence-electron chi connectivity index (χ2n) is 4.39. The summed E-state index contributed by atoms with van der Waals surface area (Å²) in [6.07, 6.45) is 2.80. The molecule has 1 amide bonds. The molecule has 0 atom stereocenters. The van der Waals surface area contributed by atoms with Crippen LogP contribution in [0, 0.1) is 0 Å². The molecule has 0 radical (unpaired) electrons. The number of carbonyl (C=O) groups excluding carboxylic acids is 1. The number of rotatable bonds is 5. The molecule has 2 N–H and O–H groups in total. The topological polar surface area (TPSA) is 88.2 Å². The molecule has 1 aromatic heterocycles. The second-order valence-corrected chi connectivity index (χ2v) is 6.16. The van der Waals surface area contributed by atoms with Crippen molar-refractivity contribution in [2.75, 3.05) is 5.32 Å². The van der Waals surface area contributed by atoms with Crippen LogP contribution in [0.25, 0.3) is 0 Å². The Morgan fingerprint density at radius 3 is 2.71 bits per heavy atom. The van der Waals surface area contributed by atoms with Crippen LogP contribution in [-0.4, -0.2) is 19.3 Å². The largest absolute Gasteiger partial charge is 0.326 e. The minimum atomic E-state index is -3.59. The number of carbonyl (C=O) groups is 1. The average molecular weight is 305 g/mol. The second kappa shape index (κ2) is 6.47. The lowest BCUT2D eigenvalue weighted by Crippen LogP contribution is -2.23. The van der Waals surface area contributed by atoms with E-state index in [0.29, 0.717) is 5.69 Å². The van der Waals surface area contributed by atoms with E-state index < -0.39 is 10.0 Å². The van der Waals surface area contributed by atoms with Crippen molar-refractivity contribution in [1.82, 2.24) is 9.71 Å². The van der Waals surface area contributed by atoms with Crippen molar-refractivity contribution in [1.29, 1.82) is 0 Å². The van der Waals surface area contributed by atoms with Crippen LogP contribution in [0.1, 0.15) is 12.5 Å². The highest BCUT2D eigenvalue weighted by Crippen LogP contribution is 2.12. The summed E-state index contributed by atoms with van der Waals surface area (Å²) in [7, 11) is -3.59. The lowest BCUT2D eigenvalue weighted by Gasteiger charge is -2.08. The maximum absolute atomic E-state index is 12.0. The molecule has 7 heteroatoms. The summed E-state index contributed by atoms with van der Waals surface area (Å²) in [4.78, 5) is 14.9. The Kier molecular flexibility index (Phi) is 4.66. The molecule has 0 unspecified atom stereocenters. The van der Waals surface area contributed by atoms with E-state index in [0.717, 1.165) is 5.56 Å². The van der Waals surface area contributed by atoms with Crippen LogP contribution in [-0.2, 0) is 21.4 Å². The SMILES string of the molecule is CC(=O)Nc1cccc(CNS(=O)(=O)c2cccnc2)c1. The van der Waals surface area contributed by atoms with Gasteiger partial charge in [0.2, 0.25) is 15.9 Å². The van der Waals surface area contributed by atoms with Gasteiger partial charge in [0.1, 0.15) is 4.90 Å². The molecule has 6 nitrogen and oxygen atoms in total. The van der Waals surface area contributed by atoms with E-state index in [1.807, 2.05) is 0 Å². The molecule has 1 heterocycles. The Hall–Kier alpha value is -2.25. The highest BCUT2D eigenvalue weighted by Gasteiger charge is 2.13. The van der Waals surface area contributed by atoms with Crippen molar-refractivity contribution in [2.45, 2.75) is 18.4 Å². The molecule has 0 aliphatic carbocycles. The van der Waals surface area contributed by atoms with Gasteiger partial charge in [0.15, 0.2) is 0 Å². The summed E-state index contributed by atoms with van der Waals surface area (Å²) in [5, 5.41) is 2.65. The zero-order valence-corrected chi connectivity index (χ0v) is 12.2. The molecule has 0 fully saturated rings. The Bertz CT molecular complexity index is 730. The number of aromatic nitrogens is 1. The average Bonchev–Trinajstić information content (AvgIpc) is 2.46. The highest BCUT2D eigenvalue weighted by molar-refractivity contribution is 7.89. The third-order valence-corrected chi connectivity index (χ3v) is 4.04. The number of nitrogens with zero attached hydrogens (tertiary/aromatic N) is 1. The minimum Gasteiger partial charge on any atom is -0.326 e. The summed E-state index contributed by atoms with van der Waals surface area (Å²) in [6.45, 7) is 1.54. The number of benzene rings is 1. The van der Waals surface area contributed by atoms with Gasteiger partial charge in [-0.05, 0) is 29.8 Å². The third kappa shape index (κ3) is 4.37. The first-order valence-electron chi connectivity index (χ1n) is 6.23. The smallest absolute Gasteiger partial charge is 0.242 e. The molecule has 2 aromatic rings. The predicted octanol–water partition coefficient (Wildman–Crippen LogP) is 1.52. The Morgan fingerprint density at radius 2 is 2.05 bits per heavy atom. The van der Waals surface area contributed by atoms with E-state index in [1.165, 1.54) is 25.4 Å². The summed E-state index contributed by atoms with van der Waals surface area (Å²) >= 11 is 0. The lowest BCUT2D eigenvalue weighted by molar-refractivity contribution is -0.114. The monoisotopic (exact) mass is 305 g/mol. The van der Waals surface area contributed by atoms with E-state index >= 15 is 0 Å². The number of nitrogens with one attached hydrogen (secondary N) is 2. The third-order valence-electron chi connectivity index (χ3n) is 2.66. The number of anilines is 1. The molecule has 0 saturated heterocycles. The van der Waals surface area contributed by atoms with Crippen molar-refractivity contribution in [2.24, 2.45) is 0 Å². The molecule has 0 spiro atoms. The van der Waals surface area contributed by atoms with Crippen LogP contribution >= 0.6 is 0 Å². The van der Waals surface area contributed by atoms with Crippen LogP contribution in [0.15, 0.2) is 53.7 Å². The van der Waals surface area contributed by atoms with Crippen molar-refractivity contribution < 1.29 is 13.2 Å². The van der Waals surface area contributed by atoms with Crippen LogP contribution in [0.5, 0.6) is 0 Å². The maximum Gasteiger partial charge on any atom is 0.242 e. The van der Waals surface area contributed by atoms with Gasteiger partial charge in [-0.2, -0.15) is 0 Å². The van der Waals surface area contributed by atoms with E-state index in [9.17, 15) is 13.2 Å². The summed E-state index contributed by atoms with van der Waals surface area (Å²) in [5.74, 6) is -0.178.